The Balaban J connectivity index is 2.34. The van der Waals surface area contributed by atoms with Gasteiger partial charge in [0.2, 0.25) is 0 Å². The van der Waals surface area contributed by atoms with Gasteiger partial charge in [-0.15, -0.1) is 0 Å². The molecule has 2 atom stereocenters. The zero-order valence-corrected chi connectivity index (χ0v) is 12.2. The number of likely N-dealkylation sites (tertiary alicyclic amines) is 1. The van der Waals surface area contributed by atoms with Crippen LogP contribution in [0.4, 0.5) is 0 Å². The van der Waals surface area contributed by atoms with Gasteiger partial charge in [-0.25, -0.2) is 4.79 Å². The molecule has 108 valence electrons. The largest absolute Gasteiger partial charge is 0.480 e. The predicted octanol–water partition coefficient (Wildman–Crippen LogP) is 2.63. The van der Waals surface area contributed by atoms with E-state index in [4.69, 9.17) is 0 Å². The van der Waals surface area contributed by atoms with Crippen molar-refractivity contribution in [3.63, 3.8) is 0 Å². The molecule has 0 spiro atoms. The highest BCUT2D eigenvalue weighted by molar-refractivity contribution is 5.99. The number of carboxylic acid groups (broad SMARTS) is 1. The van der Waals surface area contributed by atoms with E-state index in [9.17, 15) is 14.7 Å². The van der Waals surface area contributed by atoms with E-state index in [0.717, 1.165) is 17.5 Å². The molecular formula is C16H21NO3. The van der Waals surface area contributed by atoms with Crippen molar-refractivity contribution in [1.82, 2.24) is 4.90 Å². The van der Waals surface area contributed by atoms with Crippen molar-refractivity contribution in [3.05, 3.63) is 34.9 Å². The average Bonchev–Trinajstić information content (AvgIpc) is 2.38. The van der Waals surface area contributed by atoms with E-state index in [1.807, 2.05) is 39.0 Å². The van der Waals surface area contributed by atoms with Crippen molar-refractivity contribution in [2.45, 2.75) is 39.7 Å². The van der Waals surface area contributed by atoms with Crippen LogP contribution >= 0.6 is 0 Å². The van der Waals surface area contributed by atoms with Crippen LogP contribution < -0.4 is 0 Å². The molecule has 0 bridgehead atoms. The van der Waals surface area contributed by atoms with Crippen molar-refractivity contribution < 1.29 is 14.7 Å². The molecule has 1 fully saturated rings. The van der Waals surface area contributed by atoms with Crippen LogP contribution in [0, 0.1) is 19.8 Å². The lowest BCUT2D eigenvalue weighted by Crippen LogP contribution is -2.50. The molecule has 2 unspecified atom stereocenters. The number of aliphatic carboxylic acids is 1. The van der Waals surface area contributed by atoms with Crippen molar-refractivity contribution in [1.29, 1.82) is 0 Å². The van der Waals surface area contributed by atoms with Crippen molar-refractivity contribution in [3.8, 4) is 0 Å². The summed E-state index contributed by atoms with van der Waals surface area (Å²) in [5.41, 5.74) is 2.45. The quantitative estimate of drug-likeness (QED) is 0.902. The van der Waals surface area contributed by atoms with Crippen LogP contribution in [-0.2, 0) is 4.79 Å². The highest BCUT2D eigenvalue weighted by Crippen LogP contribution is 2.26. The Morgan fingerprint density at radius 2 is 1.85 bits per heavy atom. The van der Waals surface area contributed by atoms with Crippen molar-refractivity contribution in [2.24, 2.45) is 5.92 Å². The molecule has 1 amide bonds. The van der Waals surface area contributed by atoms with E-state index < -0.39 is 12.0 Å². The maximum atomic E-state index is 12.7. The van der Waals surface area contributed by atoms with Crippen molar-refractivity contribution >= 4 is 11.9 Å². The molecule has 4 heteroatoms. The monoisotopic (exact) mass is 275 g/mol. The van der Waals surface area contributed by atoms with Crippen LogP contribution in [0.15, 0.2) is 18.2 Å². The van der Waals surface area contributed by atoms with Crippen LogP contribution in [0.2, 0.25) is 0 Å². The second-order valence-corrected chi connectivity index (χ2v) is 5.75. The lowest BCUT2D eigenvalue weighted by Gasteiger charge is -2.36. The summed E-state index contributed by atoms with van der Waals surface area (Å²) in [6, 6.07) is 4.99. The minimum Gasteiger partial charge on any atom is -0.480 e. The number of hydrogen-bond donors (Lipinski definition) is 1. The Morgan fingerprint density at radius 3 is 2.40 bits per heavy atom. The highest BCUT2D eigenvalue weighted by atomic mass is 16.4. The Bertz CT molecular complexity index is 518. The first-order valence-corrected chi connectivity index (χ1v) is 7.01. The van der Waals surface area contributed by atoms with Crippen LogP contribution in [0.5, 0.6) is 0 Å². The maximum Gasteiger partial charge on any atom is 0.326 e. The summed E-state index contributed by atoms with van der Waals surface area (Å²) >= 11 is 0. The molecule has 1 saturated heterocycles. The third-order valence-electron chi connectivity index (χ3n) is 4.11. The number of hydrogen-bond acceptors (Lipinski definition) is 2. The summed E-state index contributed by atoms with van der Waals surface area (Å²) in [5.74, 6) is -0.714. The summed E-state index contributed by atoms with van der Waals surface area (Å²) in [6.07, 6.45) is 1.40. The van der Waals surface area contributed by atoms with Gasteiger partial charge in [0, 0.05) is 12.1 Å². The number of aryl methyl sites for hydroxylation is 2. The second kappa shape index (κ2) is 5.65. The minimum absolute atomic E-state index is 0.153. The van der Waals surface area contributed by atoms with E-state index in [0.29, 0.717) is 24.4 Å². The van der Waals surface area contributed by atoms with Crippen LogP contribution in [0.25, 0.3) is 0 Å². The van der Waals surface area contributed by atoms with Gasteiger partial charge in [0.15, 0.2) is 0 Å². The van der Waals surface area contributed by atoms with Gasteiger partial charge in [0.05, 0.1) is 0 Å². The minimum atomic E-state index is -0.906. The summed E-state index contributed by atoms with van der Waals surface area (Å²) in [4.78, 5) is 25.7. The number of piperidine rings is 1. The summed E-state index contributed by atoms with van der Waals surface area (Å²) < 4.78 is 0. The van der Waals surface area contributed by atoms with E-state index in [-0.39, 0.29) is 5.91 Å². The molecular weight excluding hydrogens is 254 g/mol. The number of amides is 1. The van der Waals surface area contributed by atoms with Gasteiger partial charge in [-0.1, -0.05) is 25.1 Å². The Morgan fingerprint density at radius 1 is 1.25 bits per heavy atom. The lowest BCUT2D eigenvalue weighted by atomic mass is 9.91. The van der Waals surface area contributed by atoms with E-state index >= 15 is 0 Å². The standard InChI is InChI=1S/C16H21NO3/c1-10-7-8-17(13(9-10)16(19)20)15(18)14-11(2)5-4-6-12(14)3/h4-6,10,13H,7-9H2,1-3H3,(H,19,20). The van der Waals surface area contributed by atoms with Gasteiger partial charge in [0.1, 0.15) is 6.04 Å². The molecule has 0 saturated carbocycles. The average molecular weight is 275 g/mol. The zero-order valence-electron chi connectivity index (χ0n) is 12.2. The molecule has 1 aliphatic heterocycles. The number of carbonyl (C=O) groups excluding carboxylic acids is 1. The Hall–Kier alpha value is -1.84. The molecule has 1 aromatic rings. The normalized spacial score (nSPS) is 22.6. The van der Waals surface area contributed by atoms with E-state index in [2.05, 4.69) is 0 Å². The van der Waals surface area contributed by atoms with Crippen LogP contribution in [-0.4, -0.2) is 34.5 Å². The number of nitrogens with zero attached hydrogens (tertiary/aromatic N) is 1. The third kappa shape index (κ3) is 2.69. The van der Waals surface area contributed by atoms with E-state index in [1.54, 1.807) is 0 Å². The topological polar surface area (TPSA) is 57.6 Å². The number of carboxylic acids is 1. The molecule has 0 aromatic heterocycles. The first-order valence-electron chi connectivity index (χ1n) is 7.01. The van der Waals surface area contributed by atoms with Gasteiger partial charge in [-0.05, 0) is 43.7 Å². The molecule has 1 heterocycles. The fourth-order valence-electron chi connectivity index (χ4n) is 2.91. The second-order valence-electron chi connectivity index (χ2n) is 5.75. The predicted molar refractivity (Wildman–Crippen MR) is 76.8 cm³/mol. The first kappa shape index (κ1) is 14.6. The molecule has 2 rings (SSSR count). The SMILES string of the molecule is Cc1cccc(C)c1C(=O)N1CCC(C)CC1C(=O)O. The first-order chi connectivity index (χ1) is 9.41. The molecule has 0 radical (unpaired) electrons. The summed E-state index contributed by atoms with van der Waals surface area (Å²) in [7, 11) is 0. The highest BCUT2D eigenvalue weighted by Gasteiger charge is 2.35. The molecule has 0 aliphatic carbocycles. The number of rotatable bonds is 2. The van der Waals surface area contributed by atoms with Crippen LogP contribution in [0.1, 0.15) is 41.3 Å². The molecule has 4 nitrogen and oxygen atoms in total. The third-order valence-corrected chi connectivity index (χ3v) is 4.11. The fraction of sp³-hybridized carbons (Fsp3) is 0.500. The Labute approximate surface area is 119 Å². The maximum absolute atomic E-state index is 12.7. The lowest BCUT2D eigenvalue weighted by molar-refractivity contribution is -0.144. The zero-order chi connectivity index (χ0) is 14.9. The van der Waals surface area contributed by atoms with Crippen LogP contribution in [0.3, 0.4) is 0 Å². The summed E-state index contributed by atoms with van der Waals surface area (Å²) in [6.45, 7) is 6.34. The van der Waals surface area contributed by atoms with Gasteiger partial charge in [-0.2, -0.15) is 0 Å². The smallest absolute Gasteiger partial charge is 0.326 e. The Kier molecular flexibility index (Phi) is 4.12. The van der Waals surface area contributed by atoms with Gasteiger partial charge in [0.25, 0.3) is 5.91 Å². The number of carbonyl (C=O) groups is 2. The van der Waals surface area contributed by atoms with E-state index in [1.165, 1.54) is 4.90 Å². The molecule has 20 heavy (non-hydrogen) atoms. The molecule has 1 aromatic carbocycles. The number of benzene rings is 1. The van der Waals surface area contributed by atoms with Gasteiger partial charge >= 0.3 is 5.97 Å². The van der Waals surface area contributed by atoms with Gasteiger partial charge < -0.3 is 10.0 Å². The van der Waals surface area contributed by atoms with Crippen molar-refractivity contribution in [2.75, 3.05) is 6.54 Å². The summed E-state index contributed by atoms with van der Waals surface area (Å²) in [5, 5.41) is 9.37. The van der Waals surface area contributed by atoms with Gasteiger partial charge in [-0.3, -0.25) is 4.79 Å². The molecule has 1 N–H and O–H groups in total. The fourth-order valence-corrected chi connectivity index (χ4v) is 2.91. The molecule has 1 aliphatic rings.